The van der Waals surface area contributed by atoms with Crippen LogP contribution < -0.4 is 5.32 Å². The van der Waals surface area contributed by atoms with Crippen molar-refractivity contribution in [2.45, 2.75) is 4.90 Å². The first-order valence-electron chi connectivity index (χ1n) is 8.22. The van der Waals surface area contributed by atoms with Crippen LogP contribution in [0.3, 0.4) is 0 Å². The van der Waals surface area contributed by atoms with Crippen molar-refractivity contribution in [3.63, 3.8) is 0 Å². The minimum atomic E-state index is -3.53. The molecule has 3 rings (SSSR count). The van der Waals surface area contributed by atoms with Gasteiger partial charge in [0, 0.05) is 42.5 Å². The third-order valence-electron chi connectivity index (χ3n) is 4.30. The molecule has 0 atom stereocenters. The molecule has 1 heterocycles. The van der Waals surface area contributed by atoms with E-state index in [-0.39, 0.29) is 10.8 Å². The molecule has 1 aliphatic heterocycles. The summed E-state index contributed by atoms with van der Waals surface area (Å²) >= 11 is 5.90. The van der Waals surface area contributed by atoms with Crippen LogP contribution in [0.5, 0.6) is 0 Å². The summed E-state index contributed by atoms with van der Waals surface area (Å²) in [6.07, 6.45) is 0. The fraction of sp³-hybridized carbons (Fsp3) is 0.278. The number of hydrogen-bond acceptors (Lipinski definition) is 4. The molecule has 138 valence electrons. The summed E-state index contributed by atoms with van der Waals surface area (Å²) in [5.41, 5.74) is 0.957. The fourth-order valence-electron chi connectivity index (χ4n) is 2.73. The summed E-state index contributed by atoms with van der Waals surface area (Å²) in [4.78, 5) is 14.6. The van der Waals surface area contributed by atoms with Crippen molar-refractivity contribution in [2.24, 2.45) is 0 Å². The van der Waals surface area contributed by atoms with Crippen LogP contribution in [-0.4, -0.2) is 56.8 Å². The molecule has 1 saturated heterocycles. The predicted molar refractivity (Wildman–Crippen MR) is 102 cm³/mol. The van der Waals surface area contributed by atoms with E-state index in [2.05, 4.69) is 10.2 Å². The van der Waals surface area contributed by atoms with Gasteiger partial charge in [-0.3, -0.25) is 4.79 Å². The topological polar surface area (TPSA) is 69.7 Å². The van der Waals surface area contributed by atoms with E-state index in [4.69, 9.17) is 11.6 Å². The average molecular weight is 394 g/mol. The number of amides is 1. The van der Waals surface area contributed by atoms with Crippen molar-refractivity contribution >= 4 is 33.2 Å². The Morgan fingerprint density at radius 1 is 1.04 bits per heavy atom. The molecule has 1 fully saturated rings. The average Bonchev–Trinajstić information content (AvgIpc) is 2.62. The van der Waals surface area contributed by atoms with Gasteiger partial charge in [0.05, 0.1) is 4.90 Å². The van der Waals surface area contributed by atoms with Crippen LogP contribution in [0, 0.1) is 0 Å². The lowest BCUT2D eigenvalue weighted by atomic mass is 10.2. The van der Waals surface area contributed by atoms with E-state index in [1.165, 1.54) is 28.6 Å². The molecule has 0 bridgehead atoms. The number of carbonyl (C=O) groups is 1. The van der Waals surface area contributed by atoms with Gasteiger partial charge in [-0.1, -0.05) is 17.7 Å². The van der Waals surface area contributed by atoms with Crippen LogP contribution in [0.25, 0.3) is 0 Å². The number of nitrogens with zero attached hydrogens (tertiary/aromatic N) is 2. The van der Waals surface area contributed by atoms with E-state index in [1.807, 2.05) is 7.05 Å². The number of carbonyl (C=O) groups excluding carboxylic acids is 1. The Bertz CT molecular complexity index is 892. The zero-order chi connectivity index (χ0) is 18.7. The number of nitrogens with one attached hydrogen (secondary N) is 1. The van der Waals surface area contributed by atoms with Crippen LogP contribution in [0.15, 0.2) is 53.4 Å². The Hall–Kier alpha value is -1.93. The number of likely N-dealkylation sites (N-methyl/N-ethyl adjacent to an activating group) is 1. The summed E-state index contributed by atoms with van der Waals surface area (Å²) in [5, 5.41) is 3.26. The van der Waals surface area contributed by atoms with Crippen LogP contribution in [0.4, 0.5) is 5.69 Å². The number of halogens is 1. The first kappa shape index (κ1) is 18.8. The van der Waals surface area contributed by atoms with E-state index >= 15 is 0 Å². The lowest BCUT2D eigenvalue weighted by Crippen LogP contribution is -2.47. The second kappa shape index (κ2) is 7.75. The standard InChI is InChI=1S/C18H20ClN3O3S/c1-21-9-11-22(12-10-21)26(24,25)17-7-5-14(6-8-17)18(23)20-16-4-2-3-15(19)13-16/h2-8,13H,9-12H2,1H3,(H,20,23). The molecule has 1 amide bonds. The Morgan fingerprint density at radius 2 is 1.69 bits per heavy atom. The Morgan fingerprint density at radius 3 is 2.31 bits per heavy atom. The third-order valence-corrected chi connectivity index (χ3v) is 6.45. The van der Waals surface area contributed by atoms with Crippen molar-refractivity contribution in [1.29, 1.82) is 0 Å². The van der Waals surface area contributed by atoms with Crippen molar-refractivity contribution in [3.05, 3.63) is 59.1 Å². The first-order chi connectivity index (χ1) is 12.4. The molecule has 2 aromatic carbocycles. The molecule has 0 aliphatic carbocycles. The van der Waals surface area contributed by atoms with Gasteiger partial charge in [0.15, 0.2) is 0 Å². The molecule has 1 aliphatic rings. The van der Waals surface area contributed by atoms with Crippen molar-refractivity contribution < 1.29 is 13.2 Å². The molecule has 0 spiro atoms. The fourth-order valence-corrected chi connectivity index (χ4v) is 4.34. The van der Waals surface area contributed by atoms with Gasteiger partial charge < -0.3 is 10.2 Å². The van der Waals surface area contributed by atoms with E-state index in [1.54, 1.807) is 24.3 Å². The maximum atomic E-state index is 12.7. The molecule has 8 heteroatoms. The Balaban J connectivity index is 1.72. The molecule has 2 aromatic rings. The smallest absolute Gasteiger partial charge is 0.255 e. The van der Waals surface area contributed by atoms with Gasteiger partial charge >= 0.3 is 0 Å². The quantitative estimate of drug-likeness (QED) is 0.866. The zero-order valence-electron chi connectivity index (χ0n) is 14.4. The van der Waals surface area contributed by atoms with Gasteiger partial charge in [-0.05, 0) is 49.5 Å². The second-order valence-electron chi connectivity index (χ2n) is 6.20. The van der Waals surface area contributed by atoms with Crippen LogP contribution >= 0.6 is 11.6 Å². The summed E-state index contributed by atoms with van der Waals surface area (Å²) in [7, 11) is -1.57. The zero-order valence-corrected chi connectivity index (χ0v) is 15.9. The highest BCUT2D eigenvalue weighted by Gasteiger charge is 2.27. The Labute approximate surface area is 158 Å². The van der Waals surface area contributed by atoms with E-state index in [0.29, 0.717) is 42.5 Å². The van der Waals surface area contributed by atoms with Crippen LogP contribution in [0.2, 0.25) is 5.02 Å². The predicted octanol–water partition coefficient (Wildman–Crippen LogP) is 2.53. The SMILES string of the molecule is CN1CCN(S(=O)(=O)c2ccc(C(=O)Nc3cccc(Cl)c3)cc2)CC1. The van der Waals surface area contributed by atoms with Gasteiger partial charge in [0.1, 0.15) is 0 Å². The number of benzene rings is 2. The molecule has 6 nitrogen and oxygen atoms in total. The number of piperazine rings is 1. The highest BCUT2D eigenvalue weighted by atomic mass is 35.5. The van der Waals surface area contributed by atoms with Crippen molar-refractivity contribution in [3.8, 4) is 0 Å². The van der Waals surface area contributed by atoms with E-state index in [9.17, 15) is 13.2 Å². The minimum absolute atomic E-state index is 0.196. The molecular formula is C18H20ClN3O3S. The molecular weight excluding hydrogens is 374 g/mol. The molecule has 1 N–H and O–H groups in total. The third kappa shape index (κ3) is 4.24. The first-order valence-corrected chi connectivity index (χ1v) is 10.0. The number of hydrogen-bond donors (Lipinski definition) is 1. The summed E-state index contributed by atoms with van der Waals surface area (Å²) in [5.74, 6) is -0.323. The number of anilines is 1. The lowest BCUT2D eigenvalue weighted by Gasteiger charge is -2.31. The van der Waals surface area contributed by atoms with Gasteiger partial charge in [-0.2, -0.15) is 4.31 Å². The minimum Gasteiger partial charge on any atom is -0.322 e. The van der Waals surface area contributed by atoms with Crippen molar-refractivity contribution in [2.75, 3.05) is 38.5 Å². The van der Waals surface area contributed by atoms with Crippen molar-refractivity contribution in [1.82, 2.24) is 9.21 Å². The maximum Gasteiger partial charge on any atom is 0.255 e. The summed E-state index contributed by atoms with van der Waals surface area (Å²) < 4.78 is 26.9. The molecule has 0 aromatic heterocycles. The summed E-state index contributed by atoms with van der Waals surface area (Å²) in [6, 6.07) is 12.8. The van der Waals surface area contributed by atoms with Crippen LogP contribution in [-0.2, 0) is 10.0 Å². The van der Waals surface area contributed by atoms with E-state index < -0.39 is 10.0 Å². The highest BCUT2D eigenvalue weighted by Crippen LogP contribution is 2.19. The highest BCUT2D eigenvalue weighted by molar-refractivity contribution is 7.89. The number of rotatable bonds is 4. The van der Waals surface area contributed by atoms with E-state index in [0.717, 1.165) is 0 Å². The van der Waals surface area contributed by atoms with Gasteiger partial charge in [0.25, 0.3) is 5.91 Å². The Kier molecular flexibility index (Phi) is 5.62. The number of sulfonamides is 1. The maximum absolute atomic E-state index is 12.7. The summed E-state index contributed by atoms with van der Waals surface area (Å²) in [6.45, 7) is 2.35. The monoisotopic (exact) mass is 393 g/mol. The molecule has 0 saturated carbocycles. The van der Waals surface area contributed by atoms with Crippen LogP contribution in [0.1, 0.15) is 10.4 Å². The largest absolute Gasteiger partial charge is 0.322 e. The molecule has 26 heavy (non-hydrogen) atoms. The molecule has 0 radical (unpaired) electrons. The normalized spacial score (nSPS) is 16.4. The lowest BCUT2D eigenvalue weighted by molar-refractivity contribution is 0.102. The second-order valence-corrected chi connectivity index (χ2v) is 8.57. The molecule has 0 unspecified atom stereocenters. The van der Waals surface area contributed by atoms with Gasteiger partial charge in [-0.25, -0.2) is 8.42 Å². The van der Waals surface area contributed by atoms with Gasteiger partial charge in [-0.15, -0.1) is 0 Å². The van der Waals surface area contributed by atoms with Gasteiger partial charge in [0.2, 0.25) is 10.0 Å².